The Labute approximate surface area is 136 Å². The molecule has 0 aliphatic carbocycles. The molecule has 0 bridgehead atoms. The zero-order chi connectivity index (χ0) is 16.2. The van der Waals surface area contributed by atoms with E-state index in [2.05, 4.69) is 22.3 Å². The molecule has 1 N–H and O–H groups in total. The second-order valence-corrected chi connectivity index (χ2v) is 6.39. The molecule has 0 radical (unpaired) electrons. The van der Waals surface area contributed by atoms with Crippen LogP contribution in [0.5, 0.6) is 0 Å². The number of hydrogen-bond donors (Lipinski definition) is 1. The number of hydrogen-bond acceptors (Lipinski definition) is 4. The molecule has 2 heterocycles. The minimum Gasteiger partial charge on any atom is -0.387 e. The Balaban J connectivity index is 1.51. The number of aliphatic hydroxyl groups is 1. The summed E-state index contributed by atoms with van der Waals surface area (Å²) in [4.78, 5) is 2.32. The molecule has 1 saturated heterocycles. The molecule has 0 spiro atoms. The lowest BCUT2D eigenvalue weighted by molar-refractivity contribution is 0.124. The van der Waals surface area contributed by atoms with Crippen LogP contribution < -0.4 is 0 Å². The van der Waals surface area contributed by atoms with Gasteiger partial charge in [0.05, 0.1) is 23.9 Å². The standard InChI is InChI=1S/C18H22N4O/c1-21-11-16(10-20-21)8-15-6-7-22(12-15)13-18(23)17-4-2-14(9-19)3-5-17/h2-5,10-11,15,18,23H,6-8,12-13H2,1H3. The molecular weight excluding hydrogens is 288 g/mol. The van der Waals surface area contributed by atoms with E-state index in [1.165, 1.54) is 5.56 Å². The third-order valence-corrected chi connectivity index (χ3v) is 4.51. The van der Waals surface area contributed by atoms with Crippen molar-refractivity contribution in [2.45, 2.75) is 18.9 Å². The van der Waals surface area contributed by atoms with Crippen LogP contribution >= 0.6 is 0 Å². The van der Waals surface area contributed by atoms with E-state index in [-0.39, 0.29) is 0 Å². The molecular formula is C18H22N4O. The van der Waals surface area contributed by atoms with E-state index < -0.39 is 6.10 Å². The molecule has 3 rings (SSSR count). The van der Waals surface area contributed by atoms with Crippen LogP contribution in [0.3, 0.4) is 0 Å². The van der Waals surface area contributed by atoms with Crippen LogP contribution in [0.4, 0.5) is 0 Å². The quantitative estimate of drug-likeness (QED) is 0.916. The minimum atomic E-state index is -0.500. The second-order valence-electron chi connectivity index (χ2n) is 6.39. The molecule has 2 aromatic rings. The maximum atomic E-state index is 10.4. The summed E-state index contributed by atoms with van der Waals surface area (Å²) in [6.45, 7) is 2.69. The number of aromatic nitrogens is 2. The van der Waals surface area contributed by atoms with Crippen LogP contribution in [0.25, 0.3) is 0 Å². The Morgan fingerprint density at radius 2 is 2.17 bits per heavy atom. The smallest absolute Gasteiger partial charge is 0.0991 e. The highest BCUT2D eigenvalue weighted by atomic mass is 16.3. The number of β-amino-alcohol motifs (C(OH)–C–C–N with tert-alkyl or cyclic N) is 1. The van der Waals surface area contributed by atoms with Crippen LogP contribution in [0, 0.1) is 17.2 Å². The van der Waals surface area contributed by atoms with Gasteiger partial charge >= 0.3 is 0 Å². The molecule has 23 heavy (non-hydrogen) atoms. The van der Waals surface area contributed by atoms with Gasteiger partial charge in [-0.1, -0.05) is 12.1 Å². The number of aliphatic hydroxyl groups excluding tert-OH is 1. The lowest BCUT2D eigenvalue weighted by atomic mass is 10.0. The maximum Gasteiger partial charge on any atom is 0.0991 e. The fourth-order valence-corrected chi connectivity index (χ4v) is 3.29. The summed E-state index contributed by atoms with van der Waals surface area (Å²) >= 11 is 0. The minimum absolute atomic E-state index is 0.500. The molecule has 2 atom stereocenters. The zero-order valence-electron chi connectivity index (χ0n) is 13.4. The first-order chi connectivity index (χ1) is 11.1. The topological polar surface area (TPSA) is 65.1 Å². The fraction of sp³-hybridized carbons (Fsp3) is 0.444. The summed E-state index contributed by atoms with van der Waals surface area (Å²) in [5.74, 6) is 0.632. The first-order valence-electron chi connectivity index (χ1n) is 8.02. The molecule has 5 nitrogen and oxygen atoms in total. The summed E-state index contributed by atoms with van der Waals surface area (Å²) in [5.41, 5.74) is 2.78. The molecule has 120 valence electrons. The van der Waals surface area contributed by atoms with Crippen molar-refractivity contribution in [2.24, 2.45) is 13.0 Å². The average Bonchev–Trinajstić information content (AvgIpc) is 3.17. The number of nitriles is 1. The van der Waals surface area contributed by atoms with Crippen molar-refractivity contribution >= 4 is 0 Å². The Hall–Kier alpha value is -2.16. The van der Waals surface area contributed by atoms with Gasteiger partial charge in [0.25, 0.3) is 0 Å². The lowest BCUT2D eigenvalue weighted by Gasteiger charge is -2.20. The summed E-state index contributed by atoms with van der Waals surface area (Å²) in [6.07, 6.45) is 5.73. The van der Waals surface area contributed by atoms with E-state index >= 15 is 0 Å². The summed E-state index contributed by atoms with van der Waals surface area (Å²) in [5, 5.41) is 23.4. The number of likely N-dealkylation sites (tertiary alicyclic amines) is 1. The number of benzene rings is 1. The highest BCUT2D eigenvalue weighted by Crippen LogP contribution is 2.23. The molecule has 1 aliphatic rings. The van der Waals surface area contributed by atoms with Gasteiger partial charge in [-0.3, -0.25) is 4.68 Å². The van der Waals surface area contributed by atoms with E-state index in [4.69, 9.17) is 5.26 Å². The van der Waals surface area contributed by atoms with Crippen LogP contribution in [0.15, 0.2) is 36.7 Å². The van der Waals surface area contributed by atoms with Gasteiger partial charge in [0.2, 0.25) is 0 Å². The van der Waals surface area contributed by atoms with E-state index in [0.29, 0.717) is 18.0 Å². The van der Waals surface area contributed by atoms with Gasteiger partial charge in [-0.25, -0.2) is 0 Å². The van der Waals surface area contributed by atoms with Gasteiger partial charge in [0.15, 0.2) is 0 Å². The molecule has 1 aromatic heterocycles. The van der Waals surface area contributed by atoms with Gasteiger partial charge in [0.1, 0.15) is 0 Å². The van der Waals surface area contributed by atoms with E-state index in [9.17, 15) is 5.11 Å². The van der Waals surface area contributed by atoms with Crippen molar-refractivity contribution in [3.8, 4) is 6.07 Å². The van der Waals surface area contributed by atoms with Crippen molar-refractivity contribution in [3.05, 3.63) is 53.3 Å². The Morgan fingerprint density at radius 3 is 2.83 bits per heavy atom. The molecule has 5 heteroatoms. The Kier molecular flexibility index (Phi) is 4.75. The van der Waals surface area contributed by atoms with Crippen LogP contribution in [0.2, 0.25) is 0 Å². The van der Waals surface area contributed by atoms with Crippen LogP contribution in [0.1, 0.15) is 29.2 Å². The van der Waals surface area contributed by atoms with Crippen molar-refractivity contribution < 1.29 is 5.11 Å². The fourth-order valence-electron chi connectivity index (χ4n) is 3.29. The predicted molar refractivity (Wildman–Crippen MR) is 87.6 cm³/mol. The van der Waals surface area contributed by atoms with E-state index in [0.717, 1.165) is 31.5 Å². The van der Waals surface area contributed by atoms with Crippen LogP contribution in [-0.4, -0.2) is 39.4 Å². The van der Waals surface area contributed by atoms with Crippen LogP contribution in [-0.2, 0) is 13.5 Å². The SMILES string of the molecule is Cn1cc(CC2CCN(CC(O)c3ccc(C#N)cc3)C2)cn1. The van der Waals surface area contributed by atoms with Crippen molar-refractivity contribution in [3.63, 3.8) is 0 Å². The number of rotatable bonds is 5. The molecule has 2 unspecified atom stereocenters. The highest BCUT2D eigenvalue weighted by Gasteiger charge is 2.25. The highest BCUT2D eigenvalue weighted by molar-refractivity contribution is 5.32. The second kappa shape index (κ2) is 6.95. The molecule has 0 amide bonds. The lowest BCUT2D eigenvalue weighted by Crippen LogP contribution is -2.26. The normalized spacial score (nSPS) is 19.6. The van der Waals surface area contributed by atoms with Gasteiger partial charge in [-0.15, -0.1) is 0 Å². The maximum absolute atomic E-state index is 10.4. The third kappa shape index (κ3) is 3.98. The number of aryl methyl sites for hydroxylation is 1. The van der Waals surface area contributed by atoms with Gasteiger partial charge in [0, 0.05) is 26.3 Å². The summed E-state index contributed by atoms with van der Waals surface area (Å²) in [7, 11) is 1.94. The van der Waals surface area contributed by atoms with Crippen molar-refractivity contribution in [1.82, 2.24) is 14.7 Å². The van der Waals surface area contributed by atoms with Crippen molar-refractivity contribution in [2.75, 3.05) is 19.6 Å². The molecule has 1 aliphatic heterocycles. The average molecular weight is 310 g/mol. The molecule has 1 aromatic carbocycles. The first-order valence-corrected chi connectivity index (χ1v) is 8.02. The van der Waals surface area contributed by atoms with E-state index in [1.54, 1.807) is 12.1 Å². The Morgan fingerprint density at radius 1 is 1.39 bits per heavy atom. The van der Waals surface area contributed by atoms with Gasteiger partial charge in [-0.05, 0) is 48.6 Å². The summed E-state index contributed by atoms with van der Waals surface area (Å²) in [6, 6.07) is 9.29. The summed E-state index contributed by atoms with van der Waals surface area (Å²) < 4.78 is 1.84. The van der Waals surface area contributed by atoms with Crippen molar-refractivity contribution in [1.29, 1.82) is 5.26 Å². The monoisotopic (exact) mass is 310 g/mol. The zero-order valence-corrected chi connectivity index (χ0v) is 13.4. The van der Waals surface area contributed by atoms with Gasteiger partial charge < -0.3 is 10.0 Å². The molecule has 0 saturated carbocycles. The Bertz CT molecular complexity index is 686. The molecule has 1 fully saturated rings. The largest absolute Gasteiger partial charge is 0.387 e. The first kappa shape index (κ1) is 15.7. The predicted octanol–water partition coefficient (Wildman–Crippen LogP) is 1.89. The van der Waals surface area contributed by atoms with Gasteiger partial charge in [-0.2, -0.15) is 10.4 Å². The van der Waals surface area contributed by atoms with E-state index in [1.807, 2.05) is 30.1 Å². The number of nitrogens with zero attached hydrogens (tertiary/aromatic N) is 4. The third-order valence-electron chi connectivity index (χ3n) is 4.51.